The van der Waals surface area contributed by atoms with Crippen LogP contribution in [-0.4, -0.2) is 9.78 Å². The molecular weight excluding hydrogens is 325 g/mol. The van der Waals surface area contributed by atoms with Crippen molar-refractivity contribution in [3.63, 3.8) is 0 Å². The molecule has 1 aromatic heterocycles. The van der Waals surface area contributed by atoms with Crippen LogP contribution in [0.3, 0.4) is 0 Å². The van der Waals surface area contributed by atoms with Gasteiger partial charge < -0.3 is 5.73 Å². The zero-order valence-electron chi connectivity index (χ0n) is 9.81. The molecule has 2 N–H and O–H groups in total. The number of nitrogens with zero attached hydrogens (tertiary/aromatic N) is 2. The number of hydrogen-bond acceptors (Lipinski definition) is 2. The third kappa shape index (κ3) is 2.87. The Labute approximate surface area is 115 Å². The maximum atomic E-state index is 6.27. The summed E-state index contributed by atoms with van der Waals surface area (Å²) >= 11 is 2.32. The van der Waals surface area contributed by atoms with E-state index in [1.807, 2.05) is 29.2 Å². The molecule has 4 heteroatoms. The second kappa shape index (κ2) is 5.64. The monoisotopic (exact) mass is 341 g/mol. The Morgan fingerprint density at radius 1 is 1.41 bits per heavy atom. The van der Waals surface area contributed by atoms with Crippen LogP contribution in [0.2, 0.25) is 0 Å². The Kier molecular flexibility index (Phi) is 4.17. The smallest absolute Gasteiger partial charge is 0.0593 e. The van der Waals surface area contributed by atoms with Crippen LogP contribution in [0.1, 0.15) is 30.5 Å². The minimum Gasteiger partial charge on any atom is -0.320 e. The second-order valence-corrected chi connectivity index (χ2v) is 5.20. The normalized spacial score (nSPS) is 12.6. The van der Waals surface area contributed by atoms with Gasteiger partial charge in [-0.15, -0.1) is 0 Å². The van der Waals surface area contributed by atoms with Crippen LogP contribution in [0.4, 0.5) is 0 Å². The molecule has 0 aliphatic rings. The van der Waals surface area contributed by atoms with Gasteiger partial charge in [0.1, 0.15) is 0 Å². The van der Waals surface area contributed by atoms with Crippen molar-refractivity contribution in [2.45, 2.75) is 25.9 Å². The Hall–Kier alpha value is -0.880. The predicted molar refractivity (Wildman–Crippen MR) is 77.7 cm³/mol. The Balaban J connectivity index is 2.24. The molecule has 17 heavy (non-hydrogen) atoms. The summed E-state index contributed by atoms with van der Waals surface area (Å²) in [5.41, 5.74) is 8.50. The maximum Gasteiger partial charge on any atom is 0.0593 e. The van der Waals surface area contributed by atoms with E-state index in [-0.39, 0.29) is 6.04 Å². The van der Waals surface area contributed by atoms with E-state index in [0.29, 0.717) is 0 Å². The molecule has 0 saturated heterocycles. The van der Waals surface area contributed by atoms with Gasteiger partial charge in [0.15, 0.2) is 0 Å². The van der Waals surface area contributed by atoms with Crippen molar-refractivity contribution >= 4 is 22.6 Å². The molecule has 2 aromatic rings. The van der Waals surface area contributed by atoms with Crippen LogP contribution < -0.4 is 5.73 Å². The Bertz CT molecular complexity index is 493. The quantitative estimate of drug-likeness (QED) is 0.869. The average molecular weight is 341 g/mol. The summed E-state index contributed by atoms with van der Waals surface area (Å²) in [7, 11) is 0. The molecule has 1 atom stereocenters. The van der Waals surface area contributed by atoms with Crippen molar-refractivity contribution in [1.82, 2.24) is 9.78 Å². The van der Waals surface area contributed by atoms with Gasteiger partial charge >= 0.3 is 0 Å². The molecule has 0 amide bonds. The van der Waals surface area contributed by atoms with Gasteiger partial charge in [-0.25, -0.2) is 0 Å². The van der Waals surface area contributed by atoms with Gasteiger partial charge in [0.05, 0.1) is 12.2 Å². The van der Waals surface area contributed by atoms with Crippen LogP contribution in [0, 0.1) is 3.57 Å². The van der Waals surface area contributed by atoms with Crippen molar-refractivity contribution in [3.8, 4) is 0 Å². The minimum absolute atomic E-state index is 0.0892. The van der Waals surface area contributed by atoms with E-state index in [1.54, 1.807) is 0 Å². The van der Waals surface area contributed by atoms with E-state index < -0.39 is 0 Å². The van der Waals surface area contributed by atoms with E-state index >= 15 is 0 Å². The van der Waals surface area contributed by atoms with Gasteiger partial charge in [0.25, 0.3) is 0 Å². The van der Waals surface area contributed by atoms with Gasteiger partial charge in [-0.2, -0.15) is 5.10 Å². The standard InChI is InChI=1S/C13H16IN3/c1-2-7-17-9-10(8-16-17)13(15)11-5-3-4-6-12(11)14/h3-6,8-9,13H,2,7,15H2,1H3. The van der Waals surface area contributed by atoms with E-state index in [9.17, 15) is 0 Å². The first kappa shape index (κ1) is 12.6. The number of aromatic nitrogens is 2. The Morgan fingerprint density at radius 3 is 2.88 bits per heavy atom. The molecule has 0 aliphatic heterocycles. The van der Waals surface area contributed by atoms with E-state index in [1.165, 1.54) is 3.57 Å². The number of aryl methyl sites for hydroxylation is 1. The lowest BCUT2D eigenvalue weighted by atomic mass is 10.0. The van der Waals surface area contributed by atoms with Gasteiger partial charge in [-0.1, -0.05) is 25.1 Å². The average Bonchev–Trinajstić information content (AvgIpc) is 2.78. The molecule has 90 valence electrons. The molecule has 0 bridgehead atoms. The van der Waals surface area contributed by atoms with Gasteiger partial charge in [-0.3, -0.25) is 4.68 Å². The molecule has 0 radical (unpaired) electrons. The first-order valence-electron chi connectivity index (χ1n) is 5.74. The van der Waals surface area contributed by atoms with Crippen molar-refractivity contribution in [1.29, 1.82) is 0 Å². The lowest BCUT2D eigenvalue weighted by molar-refractivity contribution is 0.602. The number of hydrogen-bond donors (Lipinski definition) is 1. The molecule has 0 spiro atoms. The van der Waals surface area contributed by atoms with Crippen molar-refractivity contribution in [3.05, 3.63) is 51.4 Å². The minimum atomic E-state index is -0.0892. The lowest BCUT2D eigenvalue weighted by Gasteiger charge is -2.11. The van der Waals surface area contributed by atoms with Crippen LogP contribution >= 0.6 is 22.6 Å². The topological polar surface area (TPSA) is 43.8 Å². The first-order valence-corrected chi connectivity index (χ1v) is 6.82. The summed E-state index contributed by atoms with van der Waals surface area (Å²) in [6, 6.07) is 8.11. The highest BCUT2D eigenvalue weighted by molar-refractivity contribution is 14.1. The Morgan fingerprint density at radius 2 is 2.18 bits per heavy atom. The third-order valence-corrected chi connectivity index (χ3v) is 3.69. The zero-order valence-corrected chi connectivity index (χ0v) is 12.0. The number of halogens is 1. The van der Waals surface area contributed by atoms with Gasteiger partial charge in [-0.05, 0) is 40.6 Å². The first-order chi connectivity index (χ1) is 8.22. The molecule has 1 aromatic carbocycles. The van der Waals surface area contributed by atoms with Crippen LogP contribution in [0.5, 0.6) is 0 Å². The van der Waals surface area contributed by atoms with Gasteiger partial charge in [0.2, 0.25) is 0 Å². The van der Waals surface area contributed by atoms with Crippen LogP contribution in [-0.2, 0) is 6.54 Å². The second-order valence-electron chi connectivity index (χ2n) is 4.04. The molecule has 3 nitrogen and oxygen atoms in total. The fourth-order valence-corrected chi connectivity index (χ4v) is 2.52. The molecule has 1 unspecified atom stereocenters. The summed E-state index contributed by atoms with van der Waals surface area (Å²) in [5, 5.41) is 4.32. The maximum absolute atomic E-state index is 6.27. The number of rotatable bonds is 4. The van der Waals surface area contributed by atoms with Crippen molar-refractivity contribution in [2.75, 3.05) is 0 Å². The molecule has 1 heterocycles. The van der Waals surface area contributed by atoms with Crippen LogP contribution in [0.15, 0.2) is 36.7 Å². The predicted octanol–water partition coefficient (Wildman–Crippen LogP) is 2.95. The summed E-state index contributed by atoms with van der Waals surface area (Å²) in [4.78, 5) is 0. The number of benzene rings is 1. The molecule has 2 rings (SSSR count). The fourth-order valence-electron chi connectivity index (χ4n) is 1.80. The molecule has 0 fully saturated rings. The largest absolute Gasteiger partial charge is 0.320 e. The highest BCUT2D eigenvalue weighted by Gasteiger charge is 2.13. The molecule has 0 saturated carbocycles. The fraction of sp³-hybridized carbons (Fsp3) is 0.308. The third-order valence-electron chi connectivity index (χ3n) is 2.71. The summed E-state index contributed by atoms with van der Waals surface area (Å²) in [6.45, 7) is 3.08. The SMILES string of the molecule is CCCn1cc(C(N)c2ccccc2I)cn1. The van der Waals surface area contributed by atoms with Crippen molar-refractivity contribution < 1.29 is 0 Å². The highest BCUT2D eigenvalue weighted by Crippen LogP contribution is 2.23. The van der Waals surface area contributed by atoms with Crippen molar-refractivity contribution in [2.24, 2.45) is 5.73 Å². The van der Waals surface area contributed by atoms with E-state index in [0.717, 1.165) is 24.1 Å². The lowest BCUT2D eigenvalue weighted by Crippen LogP contribution is -2.12. The zero-order chi connectivity index (χ0) is 12.3. The number of nitrogens with two attached hydrogens (primary N) is 1. The van der Waals surface area contributed by atoms with Crippen LogP contribution in [0.25, 0.3) is 0 Å². The van der Waals surface area contributed by atoms with Gasteiger partial charge in [0, 0.05) is 21.9 Å². The summed E-state index contributed by atoms with van der Waals surface area (Å²) in [6.07, 6.45) is 4.99. The van der Waals surface area contributed by atoms with E-state index in [4.69, 9.17) is 5.73 Å². The molecule has 0 aliphatic carbocycles. The molecular formula is C13H16IN3. The summed E-state index contributed by atoms with van der Waals surface area (Å²) in [5.74, 6) is 0. The van der Waals surface area contributed by atoms with E-state index in [2.05, 4.69) is 46.7 Å². The summed E-state index contributed by atoms with van der Waals surface area (Å²) < 4.78 is 3.14. The highest BCUT2D eigenvalue weighted by atomic mass is 127.